The summed E-state index contributed by atoms with van der Waals surface area (Å²) in [5, 5.41) is 0. The molecule has 0 amide bonds. The van der Waals surface area contributed by atoms with Crippen molar-refractivity contribution in [1.82, 2.24) is 0 Å². The average molecular weight is 463 g/mol. The van der Waals surface area contributed by atoms with Gasteiger partial charge >= 0.3 is 18.1 Å². The minimum atomic E-state index is -0.886. The molecule has 1 aliphatic carbocycles. The first-order valence-corrected chi connectivity index (χ1v) is 11.3. The van der Waals surface area contributed by atoms with Crippen molar-refractivity contribution in [2.24, 2.45) is 17.8 Å². The van der Waals surface area contributed by atoms with Crippen LogP contribution in [0.5, 0.6) is 5.75 Å². The summed E-state index contributed by atoms with van der Waals surface area (Å²) in [4.78, 5) is 35.2. The van der Waals surface area contributed by atoms with Crippen molar-refractivity contribution in [2.45, 2.75) is 46.1 Å². The maximum atomic E-state index is 12.6. The largest absolute Gasteiger partial charge is 0.513 e. The Morgan fingerprint density at radius 1 is 1.03 bits per heavy atom. The number of esters is 2. The molecule has 2 rings (SSSR count). The van der Waals surface area contributed by atoms with Crippen LogP contribution in [0.4, 0.5) is 4.79 Å². The molecular weight excluding hydrogens is 428 g/mol. The van der Waals surface area contributed by atoms with Crippen LogP contribution in [0.2, 0.25) is 0 Å². The summed E-state index contributed by atoms with van der Waals surface area (Å²) in [6.45, 7) is 10.2. The summed E-state index contributed by atoms with van der Waals surface area (Å²) in [5.41, 5.74) is 0.405. The third-order valence-electron chi connectivity index (χ3n) is 5.60. The normalized spacial score (nSPS) is 20.1. The first-order chi connectivity index (χ1) is 15.8. The van der Waals surface area contributed by atoms with Crippen LogP contribution in [-0.4, -0.2) is 50.6 Å². The second-order valence-electron chi connectivity index (χ2n) is 8.48. The summed E-state index contributed by atoms with van der Waals surface area (Å²) in [7, 11) is 0. The van der Waals surface area contributed by atoms with Gasteiger partial charge in [0.2, 0.25) is 0 Å². The summed E-state index contributed by atoms with van der Waals surface area (Å²) in [6, 6.07) is 6.17. The Bertz CT molecular complexity index is 786. The molecule has 182 valence electrons. The zero-order valence-corrected chi connectivity index (χ0v) is 19.6. The zero-order valence-electron chi connectivity index (χ0n) is 19.6. The van der Waals surface area contributed by atoms with Crippen LogP contribution >= 0.6 is 0 Å². The first kappa shape index (κ1) is 26.4. The van der Waals surface area contributed by atoms with Crippen LogP contribution in [0.15, 0.2) is 36.9 Å². The SMILES string of the molecule is C=CC(=O)OCCOCCOC(=O)Oc1ccc(C(=O)OC2CC(C)CCC2C(C)C)cc1. The molecule has 33 heavy (non-hydrogen) atoms. The highest BCUT2D eigenvalue weighted by Crippen LogP contribution is 2.35. The van der Waals surface area contributed by atoms with Crippen LogP contribution in [0.3, 0.4) is 0 Å². The Hall–Kier alpha value is -2.87. The van der Waals surface area contributed by atoms with Gasteiger partial charge in [-0.3, -0.25) is 0 Å². The van der Waals surface area contributed by atoms with Crippen molar-refractivity contribution >= 4 is 18.1 Å². The number of hydrogen-bond acceptors (Lipinski definition) is 8. The lowest BCUT2D eigenvalue weighted by Gasteiger charge is -2.36. The van der Waals surface area contributed by atoms with E-state index in [-0.39, 0.29) is 44.3 Å². The Balaban J connectivity index is 1.72. The summed E-state index contributed by atoms with van der Waals surface area (Å²) in [6.07, 6.45) is 3.21. The van der Waals surface area contributed by atoms with E-state index >= 15 is 0 Å². The minimum absolute atomic E-state index is 0.0184. The van der Waals surface area contributed by atoms with Gasteiger partial charge in [0, 0.05) is 6.08 Å². The van der Waals surface area contributed by atoms with Crippen molar-refractivity contribution in [1.29, 1.82) is 0 Å². The van der Waals surface area contributed by atoms with Gasteiger partial charge < -0.3 is 23.7 Å². The molecule has 1 aromatic rings. The topological polar surface area (TPSA) is 97.4 Å². The lowest BCUT2D eigenvalue weighted by Crippen LogP contribution is -2.35. The fourth-order valence-electron chi connectivity index (χ4n) is 3.79. The molecule has 3 atom stereocenters. The van der Waals surface area contributed by atoms with Crippen molar-refractivity contribution in [2.75, 3.05) is 26.4 Å². The van der Waals surface area contributed by atoms with Crippen LogP contribution in [0.25, 0.3) is 0 Å². The number of hydrogen-bond donors (Lipinski definition) is 0. The van der Waals surface area contributed by atoms with Crippen molar-refractivity contribution in [3.63, 3.8) is 0 Å². The Kier molecular flexibility index (Phi) is 10.9. The zero-order chi connectivity index (χ0) is 24.2. The van der Waals surface area contributed by atoms with E-state index < -0.39 is 12.1 Å². The number of ether oxygens (including phenoxy) is 5. The quantitative estimate of drug-likeness (QED) is 0.155. The number of rotatable bonds is 11. The number of benzene rings is 1. The molecule has 0 N–H and O–H groups in total. The Morgan fingerprint density at radius 3 is 2.33 bits per heavy atom. The molecular formula is C25H34O8. The van der Waals surface area contributed by atoms with E-state index in [9.17, 15) is 14.4 Å². The van der Waals surface area contributed by atoms with Gasteiger partial charge in [0.25, 0.3) is 0 Å². The third-order valence-corrected chi connectivity index (χ3v) is 5.60. The Labute approximate surface area is 195 Å². The smallest absolute Gasteiger partial charge is 0.460 e. The monoisotopic (exact) mass is 462 g/mol. The van der Waals surface area contributed by atoms with Crippen LogP contribution < -0.4 is 4.74 Å². The van der Waals surface area contributed by atoms with Crippen LogP contribution in [-0.2, 0) is 23.7 Å². The molecule has 0 spiro atoms. The van der Waals surface area contributed by atoms with E-state index in [2.05, 4.69) is 27.4 Å². The predicted octanol–water partition coefficient (Wildman–Crippen LogP) is 4.57. The maximum Gasteiger partial charge on any atom is 0.513 e. The summed E-state index contributed by atoms with van der Waals surface area (Å²) < 4.78 is 25.7. The highest BCUT2D eigenvalue weighted by Gasteiger charge is 2.33. The lowest BCUT2D eigenvalue weighted by atomic mass is 9.75. The second-order valence-corrected chi connectivity index (χ2v) is 8.48. The van der Waals surface area contributed by atoms with E-state index in [1.54, 1.807) is 12.1 Å². The molecule has 0 saturated heterocycles. The maximum absolute atomic E-state index is 12.6. The van der Waals surface area contributed by atoms with Gasteiger partial charge in [-0.15, -0.1) is 0 Å². The fraction of sp³-hybridized carbons (Fsp3) is 0.560. The van der Waals surface area contributed by atoms with Crippen LogP contribution in [0, 0.1) is 17.8 Å². The molecule has 0 radical (unpaired) electrons. The summed E-state index contributed by atoms with van der Waals surface area (Å²) in [5.74, 6) is 0.719. The second kappa shape index (κ2) is 13.6. The first-order valence-electron chi connectivity index (χ1n) is 11.3. The molecule has 0 aromatic heterocycles. The molecule has 1 aromatic carbocycles. The van der Waals surface area contributed by atoms with Crippen molar-refractivity contribution in [3.8, 4) is 5.75 Å². The van der Waals surface area contributed by atoms with Gasteiger partial charge in [-0.1, -0.05) is 33.8 Å². The highest BCUT2D eigenvalue weighted by atomic mass is 16.7. The van der Waals surface area contributed by atoms with E-state index in [1.165, 1.54) is 12.1 Å². The fourth-order valence-corrected chi connectivity index (χ4v) is 3.79. The van der Waals surface area contributed by atoms with Gasteiger partial charge in [0.15, 0.2) is 0 Å². The molecule has 8 nitrogen and oxygen atoms in total. The van der Waals surface area contributed by atoms with Gasteiger partial charge in [0.1, 0.15) is 25.1 Å². The van der Waals surface area contributed by atoms with Crippen molar-refractivity contribution < 1.29 is 38.1 Å². The molecule has 0 bridgehead atoms. The van der Waals surface area contributed by atoms with Gasteiger partial charge in [-0.25, -0.2) is 14.4 Å². The minimum Gasteiger partial charge on any atom is -0.460 e. The molecule has 1 aliphatic rings. The molecule has 8 heteroatoms. The molecule has 3 unspecified atom stereocenters. The van der Waals surface area contributed by atoms with Gasteiger partial charge in [-0.2, -0.15) is 0 Å². The van der Waals surface area contributed by atoms with Crippen molar-refractivity contribution in [3.05, 3.63) is 42.5 Å². The average Bonchev–Trinajstić information content (AvgIpc) is 2.78. The molecule has 1 saturated carbocycles. The number of carbonyl (C=O) groups excluding carboxylic acids is 3. The van der Waals surface area contributed by atoms with Gasteiger partial charge in [-0.05, 0) is 54.9 Å². The summed E-state index contributed by atoms with van der Waals surface area (Å²) >= 11 is 0. The van der Waals surface area contributed by atoms with Crippen LogP contribution in [0.1, 0.15) is 50.4 Å². The number of carbonyl (C=O) groups is 3. The molecule has 0 aliphatic heterocycles. The molecule has 1 fully saturated rings. The standard InChI is InChI=1S/C25H34O8/c1-5-23(26)30-14-12-29-13-15-31-25(28)32-20-9-7-19(8-10-20)24(27)33-22-16-18(4)6-11-21(22)17(2)3/h5,7-10,17-18,21-22H,1,6,11-16H2,2-4H3. The lowest BCUT2D eigenvalue weighted by molar-refractivity contribution is -0.139. The Morgan fingerprint density at radius 2 is 1.70 bits per heavy atom. The molecule has 0 heterocycles. The van der Waals surface area contributed by atoms with E-state index in [0.29, 0.717) is 23.3 Å². The van der Waals surface area contributed by atoms with Gasteiger partial charge in [0.05, 0.1) is 18.8 Å². The van der Waals surface area contributed by atoms with E-state index in [1.807, 2.05) is 0 Å². The van der Waals surface area contributed by atoms with E-state index in [0.717, 1.165) is 25.3 Å². The van der Waals surface area contributed by atoms with E-state index in [4.69, 9.17) is 23.7 Å². The third kappa shape index (κ3) is 9.26. The highest BCUT2D eigenvalue weighted by molar-refractivity contribution is 5.89. The predicted molar refractivity (Wildman–Crippen MR) is 121 cm³/mol.